The number of hydrogen-bond donors (Lipinski definition) is 2. The van der Waals surface area contributed by atoms with Crippen molar-refractivity contribution in [1.29, 1.82) is 0 Å². The zero-order chi connectivity index (χ0) is 12.0. The Bertz CT molecular complexity index is 472. The van der Waals surface area contributed by atoms with Crippen LogP contribution in [-0.4, -0.2) is 22.3 Å². The van der Waals surface area contributed by atoms with Gasteiger partial charge in [-0.05, 0) is 48.8 Å². The molecule has 0 radical (unpaired) electrons. The lowest BCUT2D eigenvalue weighted by molar-refractivity contribution is -0.152. The third-order valence-corrected chi connectivity index (χ3v) is 4.23. The molecule has 0 aliphatic heterocycles. The maximum Gasteiger partial charge on any atom is 0.314 e. The highest BCUT2D eigenvalue weighted by Crippen LogP contribution is 2.45. The van der Waals surface area contributed by atoms with E-state index in [0.29, 0.717) is 12.8 Å². The van der Waals surface area contributed by atoms with Gasteiger partial charge in [0.15, 0.2) is 0 Å². The van der Waals surface area contributed by atoms with Crippen molar-refractivity contribution in [2.45, 2.75) is 43.6 Å². The molecule has 0 unspecified atom stereocenters. The van der Waals surface area contributed by atoms with E-state index in [0.717, 1.165) is 18.4 Å². The SMILES string of the molecule is O=C(O)C1(c2ccc3c(c2)CCC3)CC(O)C1. The van der Waals surface area contributed by atoms with Gasteiger partial charge in [0.1, 0.15) is 0 Å². The van der Waals surface area contributed by atoms with Gasteiger partial charge >= 0.3 is 5.97 Å². The average Bonchev–Trinajstić information content (AvgIpc) is 2.70. The summed E-state index contributed by atoms with van der Waals surface area (Å²) in [4.78, 5) is 11.4. The van der Waals surface area contributed by atoms with E-state index in [4.69, 9.17) is 0 Å². The first-order chi connectivity index (χ1) is 8.12. The van der Waals surface area contributed by atoms with Gasteiger partial charge in [0.2, 0.25) is 0 Å². The van der Waals surface area contributed by atoms with Crippen molar-refractivity contribution in [3.8, 4) is 0 Å². The van der Waals surface area contributed by atoms with Gasteiger partial charge < -0.3 is 10.2 Å². The van der Waals surface area contributed by atoms with Crippen LogP contribution in [0, 0.1) is 0 Å². The number of benzene rings is 1. The highest BCUT2D eigenvalue weighted by molar-refractivity contribution is 5.83. The van der Waals surface area contributed by atoms with Gasteiger partial charge in [-0.3, -0.25) is 4.79 Å². The van der Waals surface area contributed by atoms with Crippen LogP contribution in [0.5, 0.6) is 0 Å². The topological polar surface area (TPSA) is 57.5 Å². The summed E-state index contributed by atoms with van der Waals surface area (Å²) in [6, 6.07) is 6.04. The minimum atomic E-state index is -0.836. The van der Waals surface area contributed by atoms with Crippen LogP contribution in [0.25, 0.3) is 0 Å². The number of aryl methyl sites for hydroxylation is 2. The zero-order valence-electron chi connectivity index (χ0n) is 9.65. The van der Waals surface area contributed by atoms with E-state index in [1.54, 1.807) is 0 Å². The third-order valence-electron chi connectivity index (χ3n) is 4.23. The maximum absolute atomic E-state index is 11.4. The predicted molar refractivity (Wildman–Crippen MR) is 63.0 cm³/mol. The number of aliphatic hydroxyl groups is 1. The Balaban J connectivity index is 2.00. The average molecular weight is 232 g/mol. The second kappa shape index (κ2) is 3.57. The van der Waals surface area contributed by atoms with Gasteiger partial charge in [-0.1, -0.05) is 18.2 Å². The number of carbonyl (C=O) groups is 1. The molecule has 0 atom stereocenters. The summed E-state index contributed by atoms with van der Waals surface area (Å²) in [5, 5.41) is 18.8. The van der Waals surface area contributed by atoms with E-state index in [9.17, 15) is 15.0 Å². The first-order valence-electron chi connectivity index (χ1n) is 6.15. The summed E-state index contributed by atoms with van der Waals surface area (Å²) in [6.07, 6.45) is 3.57. The van der Waals surface area contributed by atoms with Gasteiger partial charge in [0.05, 0.1) is 11.5 Å². The Morgan fingerprint density at radius 1 is 1.24 bits per heavy atom. The second-order valence-electron chi connectivity index (χ2n) is 5.29. The number of hydrogen-bond acceptors (Lipinski definition) is 2. The molecule has 2 N–H and O–H groups in total. The zero-order valence-corrected chi connectivity index (χ0v) is 9.65. The standard InChI is InChI=1S/C14H16O3/c15-12-7-14(8-12,13(16)17)11-5-4-9-2-1-3-10(9)6-11/h4-6,12,15H,1-3,7-8H2,(H,16,17). The molecule has 3 heteroatoms. The second-order valence-corrected chi connectivity index (χ2v) is 5.29. The van der Waals surface area contributed by atoms with Crippen LogP contribution in [0.4, 0.5) is 0 Å². The van der Waals surface area contributed by atoms with Crippen LogP contribution in [0.2, 0.25) is 0 Å². The van der Waals surface area contributed by atoms with Gasteiger partial charge in [-0.2, -0.15) is 0 Å². The first kappa shape index (κ1) is 10.8. The molecule has 2 aliphatic rings. The van der Waals surface area contributed by atoms with Crippen LogP contribution in [-0.2, 0) is 23.1 Å². The summed E-state index contributed by atoms with van der Waals surface area (Å²) in [5.41, 5.74) is 2.69. The Morgan fingerprint density at radius 3 is 2.59 bits per heavy atom. The Labute approximate surface area is 100 Å². The van der Waals surface area contributed by atoms with Crippen molar-refractivity contribution < 1.29 is 15.0 Å². The molecule has 0 saturated heterocycles. The van der Waals surface area contributed by atoms with Gasteiger partial charge in [0.25, 0.3) is 0 Å². The lowest BCUT2D eigenvalue weighted by atomic mass is 9.62. The molecule has 17 heavy (non-hydrogen) atoms. The van der Waals surface area contributed by atoms with Crippen LogP contribution >= 0.6 is 0 Å². The number of carboxylic acid groups (broad SMARTS) is 1. The molecule has 3 nitrogen and oxygen atoms in total. The fourth-order valence-electron chi connectivity index (χ4n) is 3.15. The van der Waals surface area contributed by atoms with Gasteiger partial charge in [-0.25, -0.2) is 0 Å². The molecule has 90 valence electrons. The van der Waals surface area contributed by atoms with Crippen LogP contribution in [0.3, 0.4) is 0 Å². The molecule has 1 aromatic carbocycles. The van der Waals surface area contributed by atoms with E-state index in [2.05, 4.69) is 6.07 Å². The van der Waals surface area contributed by atoms with Crippen LogP contribution < -0.4 is 0 Å². The molecule has 0 amide bonds. The molecule has 0 heterocycles. The molecule has 1 aromatic rings. The minimum absolute atomic E-state index is 0.348. The summed E-state index contributed by atoms with van der Waals surface area (Å²) in [5.74, 6) is -0.805. The number of rotatable bonds is 2. The first-order valence-corrected chi connectivity index (χ1v) is 6.15. The number of fused-ring (bicyclic) bond motifs is 1. The maximum atomic E-state index is 11.4. The van der Waals surface area contributed by atoms with Crippen LogP contribution in [0.15, 0.2) is 18.2 Å². The van der Waals surface area contributed by atoms with E-state index in [-0.39, 0.29) is 0 Å². The molecule has 3 rings (SSSR count). The smallest absolute Gasteiger partial charge is 0.314 e. The van der Waals surface area contributed by atoms with E-state index in [1.165, 1.54) is 17.5 Å². The normalized spacial score (nSPS) is 30.8. The summed E-state index contributed by atoms with van der Waals surface area (Å²) >= 11 is 0. The predicted octanol–water partition coefficient (Wildman–Crippen LogP) is 1.65. The van der Waals surface area contributed by atoms with Gasteiger partial charge in [-0.15, -0.1) is 0 Å². The number of carboxylic acids is 1. The molecule has 0 spiro atoms. The monoisotopic (exact) mass is 232 g/mol. The molecule has 2 aliphatic carbocycles. The molecule has 0 aromatic heterocycles. The molecule has 1 saturated carbocycles. The molecular weight excluding hydrogens is 216 g/mol. The lowest BCUT2D eigenvalue weighted by Gasteiger charge is -2.42. The Hall–Kier alpha value is -1.35. The van der Waals surface area contributed by atoms with Gasteiger partial charge in [0, 0.05) is 0 Å². The Morgan fingerprint density at radius 2 is 1.94 bits per heavy atom. The fraction of sp³-hybridized carbons (Fsp3) is 0.500. The number of aliphatic hydroxyl groups excluding tert-OH is 1. The quantitative estimate of drug-likeness (QED) is 0.815. The molecular formula is C14H16O3. The summed E-state index contributed by atoms with van der Waals surface area (Å²) in [7, 11) is 0. The lowest BCUT2D eigenvalue weighted by Crippen LogP contribution is -2.50. The van der Waals surface area contributed by atoms with Crippen molar-refractivity contribution in [2.75, 3.05) is 0 Å². The summed E-state index contributed by atoms with van der Waals surface area (Å²) in [6.45, 7) is 0. The third kappa shape index (κ3) is 1.49. The van der Waals surface area contributed by atoms with E-state index >= 15 is 0 Å². The Kier molecular flexibility index (Phi) is 2.26. The largest absolute Gasteiger partial charge is 0.481 e. The van der Waals surface area contributed by atoms with Crippen molar-refractivity contribution in [2.24, 2.45) is 0 Å². The molecule has 0 bridgehead atoms. The van der Waals surface area contributed by atoms with E-state index in [1.807, 2.05) is 12.1 Å². The van der Waals surface area contributed by atoms with Crippen molar-refractivity contribution in [3.05, 3.63) is 34.9 Å². The summed E-state index contributed by atoms with van der Waals surface area (Å²) < 4.78 is 0. The number of aliphatic carboxylic acids is 1. The van der Waals surface area contributed by atoms with Crippen molar-refractivity contribution in [3.63, 3.8) is 0 Å². The van der Waals surface area contributed by atoms with Crippen molar-refractivity contribution in [1.82, 2.24) is 0 Å². The van der Waals surface area contributed by atoms with Crippen LogP contribution in [0.1, 0.15) is 36.0 Å². The molecule has 1 fully saturated rings. The van der Waals surface area contributed by atoms with E-state index < -0.39 is 17.5 Å². The highest BCUT2D eigenvalue weighted by Gasteiger charge is 2.51. The highest BCUT2D eigenvalue weighted by atomic mass is 16.4. The van der Waals surface area contributed by atoms with Crippen molar-refractivity contribution >= 4 is 5.97 Å². The minimum Gasteiger partial charge on any atom is -0.481 e. The fourth-order valence-corrected chi connectivity index (χ4v) is 3.15.